The van der Waals surface area contributed by atoms with Gasteiger partial charge in [-0.1, -0.05) is 24.3 Å². The van der Waals surface area contributed by atoms with Crippen molar-refractivity contribution in [3.05, 3.63) is 54.7 Å². The Bertz CT molecular complexity index is 1090. The quantitative estimate of drug-likeness (QED) is 0.605. The number of nitrogens with two attached hydrogens (primary N) is 1. The number of aromatic nitrogens is 4. The number of anilines is 1. The highest BCUT2D eigenvalue weighted by molar-refractivity contribution is 5.92. The molecule has 130 valence electrons. The van der Waals surface area contributed by atoms with Crippen LogP contribution in [-0.4, -0.2) is 38.7 Å². The van der Waals surface area contributed by atoms with E-state index < -0.39 is 0 Å². The minimum atomic E-state index is 0.225. The molecule has 1 aromatic carbocycles. The number of nitrogens with zero attached hydrogens (tertiary/aromatic N) is 5. The molecule has 0 radical (unpaired) electrons. The van der Waals surface area contributed by atoms with Gasteiger partial charge in [-0.2, -0.15) is 0 Å². The van der Waals surface area contributed by atoms with Gasteiger partial charge >= 0.3 is 0 Å². The van der Waals surface area contributed by atoms with Crippen LogP contribution in [0.5, 0.6) is 0 Å². The molecule has 1 fully saturated rings. The first kappa shape index (κ1) is 15.3. The van der Waals surface area contributed by atoms with Crippen molar-refractivity contribution in [1.29, 1.82) is 0 Å². The predicted octanol–water partition coefficient (Wildman–Crippen LogP) is 2.87. The van der Waals surface area contributed by atoms with Gasteiger partial charge < -0.3 is 10.6 Å². The molecule has 3 aromatic heterocycles. The lowest BCUT2D eigenvalue weighted by atomic mass is 10.0. The largest absolute Gasteiger partial charge is 0.368 e. The van der Waals surface area contributed by atoms with Crippen LogP contribution in [0.4, 0.5) is 5.69 Å². The van der Waals surface area contributed by atoms with Crippen molar-refractivity contribution in [2.75, 3.05) is 18.0 Å². The molecule has 4 aromatic rings. The molecule has 0 bridgehead atoms. The zero-order chi connectivity index (χ0) is 17.5. The summed E-state index contributed by atoms with van der Waals surface area (Å²) in [5.41, 5.74) is 9.97. The number of hydrogen-bond donors (Lipinski definition) is 1. The SMILES string of the molecule is N[C@@H]1CCCN(c2cccc3ccc(-c4nnc5ccccn45)nc23)C1. The van der Waals surface area contributed by atoms with E-state index in [1.54, 1.807) is 0 Å². The second-order valence-electron chi connectivity index (χ2n) is 6.85. The van der Waals surface area contributed by atoms with E-state index in [-0.39, 0.29) is 6.04 Å². The summed E-state index contributed by atoms with van der Waals surface area (Å²) in [6.45, 7) is 1.89. The third kappa shape index (κ3) is 2.50. The highest BCUT2D eigenvalue weighted by Crippen LogP contribution is 2.29. The molecule has 0 spiro atoms. The summed E-state index contributed by atoms with van der Waals surface area (Å²) < 4.78 is 1.97. The Hall–Kier alpha value is -2.99. The lowest BCUT2D eigenvalue weighted by molar-refractivity contribution is 0.507. The Balaban J connectivity index is 1.66. The average Bonchev–Trinajstić information content (AvgIpc) is 3.11. The van der Waals surface area contributed by atoms with Crippen LogP contribution in [0.15, 0.2) is 54.7 Å². The van der Waals surface area contributed by atoms with Crippen LogP contribution in [-0.2, 0) is 0 Å². The summed E-state index contributed by atoms with van der Waals surface area (Å²) in [4.78, 5) is 7.32. The number of benzene rings is 1. The summed E-state index contributed by atoms with van der Waals surface area (Å²) in [5, 5.41) is 9.71. The number of para-hydroxylation sites is 1. The van der Waals surface area contributed by atoms with E-state index in [0.29, 0.717) is 0 Å². The van der Waals surface area contributed by atoms with Gasteiger partial charge in [0.25, 0.3) is 0 Å². The second-order valence-corrected chi connectivity index (χ2v) is 6.85. The van der Waals surface area contributed by atoms with E-state index >= 15 is 0 Å². The van der Waals surface area contributed by atoms with Crippen molar-refractivity contribution in [3.63, 3.8) is 0 Å². The van der Waals surface area contributed by atoms with E-state index in [0.717, 1.165) is 59.7 Å². The van der Waals surface area contributed by atoms with Crippen LogP contribution in [0.25, 0.3) is 28.1 Å². The predicted molar refractivity (Wildman–Crippen MR) is 103 cm³/mol. The molecular weight excluding hydrogens is 324 g/mol. The van der Waals surface area contributed by atoms with Gasteiger partial charge in [0.1, 0.15) is 5.69 Å². The summed E-state index contributed by atoms with van der Waals surface area (Å²) >= 11 is 0. The number of pyridine rings is 2. The van der Waals surface area contributed by atoms with E-state index in [4.69, 9.17) is 10.7 Å². The van der Waals surface area contributed by atoms with Crippen molar-refractivity contribution in [1.82, 2.24) is 19.6 Å². The Morgan fingerprint density at radius 3 is 2.88 bits per heavy atom. The Kier molecular flexibility index (Phi) is 3.57. The molecule has 1 atom stereocenters. The van der Waals surface area contributed by atoms with Gasteiger partial charge in [-0.15, -0.1) is 10.2 Å². The van der Waals surface area contributed by atoms with Gasteiger partial charge in [-0.25, -0.2) is 4.98 Å². The van der Waals surface area contributed by atoms with E-state index in [2.05, 4.69) is 39.4 Å². The van der Waals surface area contributed by atoms with Crippen LogP contribution in [0, 0.1) is 0 Å². The lowest BCUT2D eigenvalue weighted by Gasteiger charge is -2.33. The third-order valence-electron chi connectivity index (χ3n) is 5.04. The van der Waals surface area contributed by atoms with Crippen LogP contribution in [0.3, 0.4) is 0 Å². The molecular formula is C20H20N6. The van der Waals surface area contributed by atoms with Crippen LogP contribution < -0.4 is 10.6 Å². The van der Waals surface area contributed by atoms with Gasteiger partial charge in [0.05, 0.1) is 11.2 Å². The zero-order valence-corrected chi connectivity index (χ0v) is 14.4. The maximum Gasteiger partial charge on any atom is 0.187 e. The van der Waals surface area contributed by atoms with Crippen LogP contribution in [0.2, 0.25) is 0 Å². The fraction of sp³-hybridized carbons (Fsp3) is 0.250. The number of rotatable bonds is 2. The second kappa shape index (κ2) is 6.07. The molecule has 0 unspecified atom stereocenters. The summed E-state index contributed by atoms with van der Waals surface area (Å²) in [6, 6.07) is 16.5. The maximum atomic E-state index is 6.19. The van der Waals surface area contributed by atoms with Crippen molar-refractivity contribution in [2.24, 2.45) is 5.73 Å². The molecule has 2 N–H and O–H groups in total. The summed E-state index contributed by atoms with van der Waals surface area (Å²) in [7, 11) is 0. The molecule has 0 amide bonds. The standard InChI is InChI=1S/C20H20N6/c21-15-6-4-11-25(13-15)17-7-3-5-14-9-10-16(22-19(14)17)20-24-23-18-8-1-2-12-26(18)20/h1-3,5,7-10,12,15H,4,6,11,13,21H2/t15-/m1/s1. The maximum absolute atomic E-state index is 6.19. The van der Waals surface area contributed by atoms with Gasteiger partial charge in [-0.05, 0) is 37.1 Å². The highest BCUT2D eigenvalue weighted by Gasteiger charge is 2.19. The van der Waals surface area contributed by atoms with Crippen molar-refractivity contribution in [2.45, 2.75) is 18.9 Å². The number of fused-ring (bicyclic) bond motifs is 2. The van der Waals surface area contributed by atoms with Crippen molar-refractivity contribution in [3.8, 4) is 11.5 Å². The third-order valence-corrected chi connectivity index (χ3v) is 5.04. The van der Waals surface area contributed by atoms with Gasteiger partial charge in [0.2, 0.25) is 0 Å². The smallest absolute Gasteiger partial charge is 0.187 e. The topological polar surface area (TPSA) is 72.3 Å². The summed E-state index contributed by atoms with van der Waals surface area (Å²) in [5.74, 6) is 0.757. The average molecular weight is 344 g/mol. The van der Waals surface area contributed by atoms with Crippen molar-refractivity contribution < 1.29 is 0 Å². The van der Waals surface area contributed by atoms with Crippen LogP contribution >= 0.6 is 0 Å². The fourth-order valence-corrected chi connectivity index (χ4v) is 3.76. The Labute approximate surface area is 151 Å². The Morgan fingerprint density at radius 2 is 1.96 bits per heavy atom. The molecule has 1 saturated heterocycles. The molecule has 0 aliphatic carbocycles. The van der Waals surface area contributed by atoms with E-state index in [1.165, 1.54) is 0 Å². The molecule has 4 heterocycles. The molecule has 26 heavy (non-hydrogen) atoms. The lowest BCUT2D eigenvalue weighted by Crippen LogP contribution is -2.42. The highest BCUT2D eigenvalue weighted by atomic mass is 15.3. The van der Waals surface area contributed by atoms with E-state index in [9.17, 15) is 0 Å². The van der Waals surface area contributed by atoms with E-state index in [1.807, 2.05) is 34.9 Å². The molecule has 6 nitrogen and oxygen atoms in total. The first-order valence-electron chi connectivity index (χ1n) is 9.00. The van der Waals surface area contributed by atoms with Crippen LogP contribution in [0.1, 0.15) is 12.8 Å². The number of piperidine rings is 1. The first-order chi connectivity index (χ1) is 12.8. The molecule has 5 rings (SSSR count). The van der Waals surface area contributed by atoms with Crippen molar-refractivity contribution >= 4 is 22.2 Å². The normalized spacial score (nSPS) is 17.9. The molecule has 0 saturated carbocycles. The minimum absolute atomic E-state index is 0.225. The molecule has 6 heteroatoms. The Morgan fingerprint density at radius 1 is 1.00 bits per heavy atom. The van der Waals surface area contributed by atoms with Gasteiger partial charge in [0, 0.05) is 30.7 Å². The number of hydrogen-bond acceptors (Lipinski definition) is 5. The summed E-state index contributed by atoms with van der Waals surface area (Å²) in [6.07, 6.45) is 4.17. The molecule has 1 aliphatic rings. The molecule has 1 aliphatic heterocycles. The minimum Gasteiger partial charge on any atom is -0.368 e. The fourth-order valence-electron chi connectivity index (χ4n) is 3.76. The van der Waals surface area contributed by atoms with Gasteiger partial charge in [-0.3, -0.25) is 4.40 Å². The zero-order valence-electron chi connectivity index (χ0n) is 14.4. The monoisotopic (exact) mass is 344 g/mol. The first-order valence-corrected chi connectivity index (χ1v) is 9.00. The van der Waals surface area contributed by atoms with Gasteiger partial charge in [0.15, 0.2) is 11.5 Å².